The highest BCUT2D eigenvalue weighted by Crippen LogP contribution is 2.44. The van der Waals surface area contributed by atoms with Gasteiger partial charge in [-0.15, -0.1) is 0 Å². The number of ether oxygens (including phenoxy) is 1. The molecule has 0 unspecified atom stereocenters. The van der Waals surface area contributed by atoms with Gasteiger partial charge in [0.05, 0.1) is 0 Å². The molecular weight excluding hydrogens is 480 g/mol. The van der Waals surface area contributed by atoms with E-state index in [1.807, 2.05) is 48.5 Å². The Bertz CT molecular complexity index is 1410. The summed E-state index contributed by atoms with van der Waals surface area (Å²) in [5.74, 6) is -2.02. The van der Waals surface area contributed by atoms with Gasteiger partial charge in [0.2, 0.25) is 5.91 Å². The van der Waals surface area contributed by atoms with Crippen molar-refractivity contribution in [2.24, 2.45) is 0 Å². The van der Waals surface area contributed by atoms with Crippen LogP contribution in [0.4, 0.5) is 4.79 Å². The van der Waals surface area contributed by atoms with Gasteiger partial charge in [-0.1, -0.05) is 48.5 Å². The highest BCUT2D eigenvalue weighted by atomic mass is 16.5. The highest BCUT2D eigenvalue weighted by molar-refractivity contribution is 5.81. The number of alkyl carbamates (subject to hydrolysis) is 1. The number of nitrogens with zero attached hydrogens (tertiary/aromatic N) is 2. The van der Waals surface area contributed by atoms with E-state index in [0.29, 0.717) is 0 Å². The lowest BCUT2D eigenvalue weighted by molar-refractivity contribution is -0.144. The van der Waals surface area contributed by atoms with Gasteiger partial charge in [-0.25, -0.2) is 9.59 Å². The number of carboxylic acid groups (broad SMARTS) is 1. The average molecular weight is 507 g/mol. The zero-order valence-corrected chi connectivity index (χ0v) is 20.1. The first-order chi connectivity index (χ1) is 17.7. The molecule has 0 spiro atoms. The van der Waals surface area contributed by atoms with Gasteiger partial charge in [-0.2, -0.15) is 0 Å². The van der Waals surface area contributed by atoms with Gasteiger partial charge >= 0.3 is 17.8 Å². The fourth-order valence-electron chi connectivity index (χ4n) is 4.38. The molecule has 3 N–H and O–H groups in total. The zero-order valence-electron chi connectivity index (χ0n) is 20.1. The molecule has 4 rings (SSSR count). The summed E-state index contributed by atoms with van der Waals surface area (Å²) in [6.45, 7) is 0.331. The molecule has 0 fully saturated rings. The van der Waals surface area contributed by atoms with Crippen molar-refractivity contribution in [1.29, 1.82) is 0 Å². The first-order valence-electron chi connectivity index (χ1n) is 11.6. The maximum Gasteiger partial charge on any atom is 0.407 e. The van der Waals surface area contributed by atoms with Gasteiger partial charge in [0.1, 0.15) is 19.7 Å². The Morgan fingerprint density at radius 2 is 1.68 bits per heavy atom. The van der Waals surface area contributed by atoms with Crippen LogP contribution in [-0.2, 0) is 20.9 Å². The lowest BCUT2D eigenvalue weighted by Crippen LogP contribution is -2.44. The van der Waals surface area contributed by atoms with Crippen LogP contribution in [-0.4, -0.2) is 63.8 Å². The van der Waals surface area contributed by atoms with Crippen LogP contribution >= 0.6 is 0 Å². The van der Waals surface area contributed by atoms with Crippen LogP contribution in [0.1, 0.15) is 22.6 Å². The van der Waals surface area contributed by atoms with Crippen LogP contribution in [0.3, 0.4) is 0 Å². The van der Waals surface area contributed by atoms with E-state index in [9.17, 15) is 29.1 Å². The normalized spacial score (nSPS) is 11.9. The van der Waals surface area contributed by atoms with Gasteiger partial charge in [-0.3, -0.25) is 23.9 Å². The molecule has 1 aromatic heterocycles. The molecule has 2 amide bonds. The number of rotatable bonds is 9. The molecule has 11 heteroatoms. The van der Waals surface area contributed by atoms with Crippen molar-refractivity contribution < 1.29 is 24.2 Å². The number of aromatic nitrogens is 2. The van der Waals surface area contributed by atoms with Crippen LogP contribution in [0.25, 0.3) is 11.1 Å². The minimum atomic E-state index is -1.25. The van der Waals surface area contributed by atoms with E-state index in [1.54, 1.807) is 0 Å². The topological polar surface area (TPSA) is 151 Å². The molecule has 2 aromatic carbocycles. The van der Waals surface area contributed by atoms with Gasteiger partial charge in [0.25, 0.3) is 5.56 Å². The Morgan fingerprint density at radius 3 is 2.30 bits per heavy atom. The summed E-state index contributed by atoms with van der Waals surface area (Å²) in [6, 6.07) is 15.9. The van der Waals surface area contributed by atoms with E-state index in [2.05, 4.69) is 10.3 Å². The summed E-state index contributed by atoms with van der Waals surface area (Å²) in [5, 5.41) is 11.7. The molecule has 192 valence electrons. The van der Waals surface area contributed by atoms with Gasteiger partial charge in [-0.05, 0) is 29.2 Å². The molecule has 1 aliphatic rings. The summed E-state index contributed by atoms with van der Waals surface area (Å²) in [4.78, 5) is 62.9. The number of nitrogens with one attached hydrogen (secondary N) is 2. The minimum absolute atomic E-state index is 0.0603. The molecule has 0 aliphatic heterocycles. The van der Waals surface area contributed by atoms with Crippen LogP contribution < -0.4 is 16.6 Å². The van der Waals surface area contributed by atoms with Crippen LogP contribution in [0, 0.1) is 6.92 Å². The van der Waals surface area contributed by atoms with Crippen molar-refractivity contribution in [3.05, 3.63) is 92.3 Å². The number of amides is 2. The fraction of sp³-hybridized carbons (Fsp3) is 0.269. The van der Waals surface area contributed by atoms with Crippen molar-refractivity contribution in [1.82, 2.24) is 19.8 Å². The number of carbonyl (C=O) groups is 3. The summed E-state index contributed by atoms with van der Waals surface area (Å²) in [5.41, 5.74) is 3.23. The largest absolute Gasteiger partial charge is 0.480 e. The molecular formula is C26H26N4O7. The number of hydrogen-bond donors (Lipinski definition) is 3. The Morgan fingerprint density at radius 1 is 1.05 bits per heavy atom. The Labute approximate surface area is 211 Å². The summed E-state index contributed by atoms with van der Waals surface area (Å²) < 4.78 is 6.44. The predicted octanol–water partition coefficient (Wildman–Crippen LogP) is 1.30. The number of aryl methyl sites for hydroxylation is 1. The number of benzene rings is 2. The summed E-state index contributed by atoms with van der Waals surface area (Å²) in [7, 11) is 0. The Hall–Kier alpha value is -4.67. The molecule has 1 heterocycles. The van der Waals surface area contributed by atoms with E-state index in [4.69, 9.17) is 4.74 Å². The summed E-state index contributed by atoms with van der Waals surface area (Å²) >= 11 is 0. The van der Waals surface area contributed by atoms with Crippen molar-refractivity contribution in [2.75, 3.05) is 26.2 Å². The van der Waals surface area contributed by atoms with Crippen LogP contribution in [0.15, 0.2) is 64.3 Å². The molecule has 0 bridgehead atoms. The third-order valence-electron chi connectivity index (χ3n) is 6.17. The Kier molecular flexibility index (Phi) is 7.52. The first kappa shape index (κ1) is 25.4. The van der Waals surface area contributed by atoms with Crippen molar-refractivity contribution >= 4 is 18.0 Å². The van der Waals surface area contributed by atoms with Gasteiger partial charge in [0, 0.05) is 30.8 Å². The van der Waals surface area contributed by atoms with Gasteiger partial charge in [0.15, 0.2) is 0 Å². The number of carboxylic acids is 1. The second-order valence-electron chi connectivity index (χ2n) is 8.66. The lowest BCUT2D eigenvalue weighted by Gasteiger charge is -2.21. The smallest absolute Gasteiger partial charge is 0.407 e. The molecule has 37 heavy (non-hydrogen) atoms. The number of H-pyrrole nitrogens is 1. The zero-order chi connectivity index (χ0) is 26.5. The van der Waals surface area contributed by atoms with Crippen molar-refractivity contribution in [3.63, 3.8) is 0 Å². The quantitative estimate of drug-likeness (QED) is 0.396. The van der Waals surface area contributed by atoms with E-state index < -0.39 is 42.3 Å². The Balaban J connectivity index is 1.33. The number of aromatic amines is 1. The molecule has 0 saturated carbocycles. The minimum Gasteiger partial charge on any atom is -0.480 e. The monoisotopic (exact) mass is 506 g/mol. The number of fused-ring (bicyclic) bond motifs is 3. The number of aliphatic carboxylic acids is 1. The van der Waals surface area contributed by atoms with E-state index in [1.165, 1.54) is 13.1 Å². The maximum atomic E-state index is 12.7. The van der Waals surface area contributed by atoms with Crippen LogP contribution in [0.2, 0.25) is 0 Å². The second-order valence-corrected chi connectivity index (χ2v) is 8.66. The average Bonchev–Trinajstić information content (AvgIpc) is 3.19. The first-order valence-corrected chi connectivity index (χ1v) is 11.6. The fourth-order valence-corrected chi connectivity index (χ4v) is 4.38. The number of carbonyl (C=O) groups excluding carboxylic acids is 2. The number of hydrogen-bond acceptors (Lipinski definition) is 6. The van der Waals surface area contributed by atoms with Crippen molar-refractivity contribution in [2.45, 2.75) is 19.4 Å². The SMILES string of the molecule is Cc1cn(CC(=O)N(CCNC(=O)OCC2c3ccccc3-c3ccccc32)CC(=O)O)c(=O)[nH]c1=O. The van der Waals surface area contributed by atoms with E-state index in [0.717, 1.165) is 31.7 Å². The molecule has 1 aliphatic carbocycles. The van der Waals surface area contributed by atoms with Crippen LogP contribution in [0.5, 0.6) is 0 Å². The van der Waals surface area contributed by atoms with E-state index in [-0.39, 0.29) is 31.2 Å². The summed E-state index contributed by atoms with van der Waals surface area (Å²) in [6.07, 6.45) is 0.532. The molecule has 3 aromatic rings. The molecule has 11 nitrogen and oxygen atoms in total. The van der Waals surface area contributed by atoms with Crippen molar-refractivity contribution in [3.8, 4) is 11.1 Å². The standard InChI is InChI=1S/C26H26N4O7/c1-16-12-30(25(35)28-24(16)34)13-22(31)29(14-23(32)33)11-10-27-26(36)37-15-21-19-8-4-2-6-17(19)18-7-3-5-9-20(18)21/h2-9,12,21H,10-11,13-15H2,1H3,(H,27,36)(H,32,33)(H,28,34,35). The third-order valence-corrected chi connectivity index (χ3v) is 6.17. The van der Waals surface area contributed by atoms with E-state index >= 15 is 0 Å². The van der Waals surface area contributed by atoms with Gasteiger partial charge < -0.3 is 20.1 Å². The molecule has 0 radical (unpaired) electrons. The molecule has 0 atom stereocenters. The second kappa shape index (κ2) is 10.9. The lowest BCUT2D eigenvalue weighted by atomic mass is 9.98. The highest BCUT2D eigenvalue weighted by Gasteiger charge is 2.29. The predicted molar refractivity (Wildman–Crippen MR) is 133 cm³/mol. The maximum absolute atomic E-state index is 12.7. The third kappa shape index (κ3) is 5.77. The molecule has 0 saturated heterocycles.